The van der Waals surface area contributed by atoms with Crippen molar-refractivity contribution >= 4 is 11.8 Å². The number of amides is 2. The highest BCUT2D eigenvalue weighted by molar-refractivity contribution is 5.87. The second-order valence-electron chi connectivity index (χ2n) is 9.89. The lowest BCUT2D eigenvalue weighted by molar-refractivity contribution is -0.169. The standard InChI is InChI=1S/C19H32N2O3/c1-12(16(23)21-17(2,3)4)20-15(22)10-18-6-13-5-14(7-18)9-19(24,8-13)11-18/h12-14,24H,5-11H2,1-4H3,(H,20,22)(H,21,23)/t12-,13+,14+,18?,19?/m0/s1. The highest BCUT2D eigenvalue weighted by Crippen LogP contribution is 2.62. The van der Waals surface area contributed by atoms with Gasteiger partial charge in [0, 0.05) is 12.0 Å². The Bertz CT molecular complexity index is 523. The fourth-order valence-electron chi connectivity index (χ4n) is 5.79. The van der Waals surface area contributed by atoms with Gasteiger partial charge in [-0.25, -0.2) is 0 Å². The monoisotopic (exact) mass is 336 g/mol. The minimum atomic E-state index is -0.542. The molecule has 0 aromatic rings. The van der Waals surface area contributed by atoms with Crippen LogP contribution in [0, 0.1) is 17.3 Å². The van der Waals surface area contributed by atoms with Crippen molar-refractivity contribution in [2.75, 3.05) is 0 Å². The molecule has 5 nitrogen and oxygen atoms in total. The Morgan fingerprint density at radius 1 is 1.17 bits per heavy atom. The smallest absolute Gasteiger partial charge is 0.242 e. The zero-order valence-corrected chi connectivity index (χ0v) is 15.4. The molecule has 0 aromatic heterocycles. The largest absolute Gasteiger partial charge is 0.390 e. The van der Waals surface area contributed by atoms with Crippen molar-refractivity contribution in [2.45, 2.75) is 89.8 Å². The number of nitrogens with one attached hydrogen (secondary N) is 2. The predicted molar refractivity (Wildman–Crippen MR) is 92.2 cm³/mol. The molecule has 4 rings (SSSR count). The molecule has 5 heteroatoms. The van der Waals surface area contributed by atoms with Gasteiger partial charge in [0.2, 0.25) is 11.8 Å². The third-order valence-corrected chi connectivity index (χ3v) is 5.96. The van der Waals surface area contributed by atoms with Gasteiger partial charge in [0.25, 0.3) is 0 Å². The fourth-order valence-corrected chi connectivity index (χ4v) is 5.79. The second-order valence-corrected chi connectivity index (χ2v) is 9.89. The molecule has 3 N–H and O–H groups in total. The van der Waals surface area contributed by atoms with Gasteiger partial charge in [0.1, 0.15) is 6.04 Å². The van der Waals surface area contributed by atoms with E-state index >= 15 is 0 Å². The van der Waals surface area contributed by atoms with Gasteiger partial charge in [-0.15, -0.1) is 0 Å². The summed E-state index contributed by atoms with van der Waals surface area (Å²) in [6.45, 7) is 7.51. The molecule has 2 amide bonds. The Hall–Kier alpha value is -1.10. The number of hydrogen-bond acceptors (Lipinski definition) is 3. The maximum absolute atomic E-state index is 12.5. The maximum atomic E-state index is 12.5. The highest BCUT2D eigenvalue weighted by Gasteiger charge is 2.57. The van der Waals surface area contributed by atoms with E-state index < -0.39 is 11.6 Å². The van der Waals surface area contributed by atoms with Crippen molar-refractivity contribution in [1.29, 1.82) is 0 Å². The molecule has 0 saturated heterocycles. The van der Waals surface area contributed by atoms with Gasteiger partial charge in [-0.3, -0.25) is 9.59 Å². The molecule has 0 aromatic carbocycles. The molecule has 0 radical (unpaired) electrons. The van der Waals surface area contributed by atoms with E-state index in [1.54, 1.807) is 6.92 Å². The first-order chi connectivity index (χ1) is 11.0. The topological polar surface area (TPSA) is 78.4 Å². The molecule has 4 aliphatic rings. The van der Waals surface area contributed by atoms with Crippen LogP contribution in [0.2, 0.25) is 0 Å². The summed E-state index contributed by atoms with van der Waals surface area (Å²) in [4.78, 5) is 24.7. The van der Waals surface area contributed by atoms with Crippen molar-refractivity contribution in [2.24, 2.45) is 17.3 Å². The van der Waals surface area contributed by atoms with Gasteiger partial charge in [-0.2, -0.15) is 0 Å². The summed E-state index contributed by atoms with van der Waals surface area (Å²) in [6, 6.07) is -0.534. The Kier molecular flexibility index (Phi) is 4.22. The normalized spacial score (nSPS) is 38.7. The SMILES string of the molecule is C[C@H](NC(=O)CC12C[C@H]3C[C@@H](CC(O)(C3)C1)C2)C(=O)NC(C)(C)C. The molecule has 4 saturated carbocycles. The summed E-state index contributed by atoms with van der Waals surface area (Å²) in [5, 5.41) is 16.5. The van der Waals surface area contributed by atoms with E-state index in [0.29, 0.717) is 18.3 Å². The van der Waals surface area contributed by atoms with E-state index in [0.717, 1.165) is 32.1 Å². The number of carbonyl (C=O) groups excluding carboxylic acids is 2. The average Bonchev–Trinajstić information content (AvgIpc) is 2.31. The van der Waals surface area contributed by atoms with Crippen LogP contribution in [-0.2, 0) is 9.59 Å². The van der Waals surface area contributed by atoms with E-state index in [1.807, 2.05) is 20.8 Å². The van der Waals surface area contributed by atoms with Crippen LogP contribution in [0.25, 0.3) is 0 Å². The quantitative estimate of drug-likeness (QED) is 0.736. The predicted octanol–water partition coefficient (Wildman–Crippen LogP) is 2.13. The van der Waals surface area contributed by atoms with Gasteiger partial charge in [0.15, 0.2) is 0 Å². The van der Waals surface area contributed by atoms with Crippen LogP contribution in [0.1, 0.15) is 72.6 Å². The molecule has 3 atom stereocenters. The second kappa shape index (κ2) is 5.72. The Balaban J connectivity index is 1.58. The van der Waals surface area contributed by atoms with Gasteiger partial charge >= 0.3 is 0 Å². The Morgan fingerprint density at radius 3 is 2.25 bits per heavy atom. The molecule has 0 unspecified atom stereocenters. The van der Waals surface area contributed by atoms with Crippen LogP contribution in [0.5, 0.6) is 0 Å². The molecule has 0 aliphatic heterocycles. The Labute approximate surface area is 145 Å². The minimum absolute atomic E-state index is 0.0524. The van der Waals surface area contributed by atoms with Crippen molar-refractivity contribution in [1.82, 2.24) is 10.6 Å². The van der Waals surface area contributed by atoms with E-state index in [9.17, 15) is 14.7 Å². The van der Waals surface area contributed by atoms with Gasteiger partial charge in [-0.05, 0) is 83.5 Å². The number of rotatable bonds is 4. The lowest BCUT2D eigenvalue weighted by atomic mass is 9.47. The van der Waals surface area contributed by atoms with E-state index in [2.05, 4.69) is 10.6 Å². The van der Waals surface area contributed by atoms with Crippen LogP contribution in [0.4, 0.5) is 0 Å². The summed E-state index contributed by atoms with van der Waals surface area (Å²) in [6.07, 6.45) is 6.35. The zero-order valence-electron chi connectivity index (χ0n) is 15.4. The van der Waals surface area contributed by atoms with Crippen molar-refractivity contribution < 1.29 is 14.7 Å². The first-order valence-electron chi connectivity index (χ1n) is 9.31. The minimum Gasteiger partial charge on any atom is -0.390 e. The highest BCUT2D eigenvalue weighted by atomic mass is 16.3. The lowest BCUT2D eigenvalue weighted by Crippen LogP contribution is -2.57. The summed E-state index contributed by atoms with van der Waals surface area (Å²) >= 11 is 0. The van der Waals surface area contributed by atoms with Crippen LogP contribution in [0.3, 0.4) is 0 Å². The molecule has 4 aliphatic carbocycles. The third kappa shape index (κ3) is 3.76. The number of hydrogen-bond donors (Lipinski definition) is 3. The van der Waals surface area contributed by atoms with E-state index in [4.69, 9.17) is 0 Å². The first-order valence-corrected chi connectivity index (χ1v) is 9.31. The molecule has 4 bridgehead atoms. The molecular weight excluding hydrogens is 304 g/mol. The average molecular weight is 336 g/mol. The van der Waals surface area contributed by atoms with Gasteiger partial charge < -0.3 is 15.7 Å². The molecule has 136 valence electrons. The van der Waals surface area contributed by atoms with Crippen LogP contribution in [0.15, 0.2) is 0 Å². The third-order valence-electron chi connectivity index (χ3n) is 5.96. The fraction of sp³-hybridized carbons (Fsp3) is 0.895. The van der Waals surface area contributed by atoms with Crippen molar-refractivity contribution in [3.05, 3.63) is 0 Å². The molecule has 0 spiro atoms. The Morgan fingerprint density at radius 2 is 1.75 bits per heavy atom. The summed E-state index contributed by atoms with van der Waals surface area (Å²) in [7, 11) is 0. The molecule has 24 heavy (non-hydrogen) atoms. The summed E-state index contributed by atoms with van der Waals surface area (Å²) in [5.41, 5.74) is -0.901. The maximum Gasteiger partial charge on any atom is 0.242 e. The van der Waals surface area contributed by atoms with Crippen molar-refractivity contribution in [3.8, 4) is 0 Å². The number of aliphatic hydroxyl groups is 1. The van der Waals surface area contributed by atoms with E-state index in [-0.39, 0.29) is 22.8 Å². The lowest BCUT2D eigenvalue weighted by Gasteiger charge is -2.60. The number of carbonyl (C=O) groups is 2. The zero-order chi connectivity index (χ0) is 17.8. The molecule has 4 fully saturated rings. The van der Waals surface area contributed by atoms with E-state index in [1.165, 1.54) is 6.42 Å². The molecular formula is C19H32N2O3. The van der Waals surface area contributed by atoms with Crippen LogP contribution < -0.4 is 10.6 Å². The summed E-state index contributed by atoms with van der Waals surface area (Å²) in [5.74, 6) is 0.938. The van der Waals surface area contributed by atoms with Gasteiger partial charge in [-0.1, -0.05) is 0 Å². The molecule has 0 heterocycles. The van der Waals surface area contributed by atoms with Gasteiger partial charge in [0.05, 0.1) is 5.60 Å². The van der Waals surface area contributed by atoms with Crippen LogP contribution >= 0.6 is 0 Å². The van der Waals surface area contributed by atoms with Crippen LogP contribution in [-0.4, -0.2) is 34.1 Å². The first kappa shape index (κ1) is 17.7. The van der Waals surface area contributed by atoms with Crippen molar-refractivity contribution in [3.63, 3.8) is 0 Å². The summed E-state index contributed by atoms with van der Waals surface area (Å²) < 4.78 is 0.